The molecule has 0 aliphatic carbocycles. The van der Waals surface area contributed by atoms with Gasteiger partial charge in [0.2, 0.25) is 0 Å². The molecule has 0 saturated carbocycles. The van der Waals surface area contributed by atoms with E-state index >= 15 is 0 Å². The Labute approximate surface area is 68.6 Å². The van der Waals surface area contributed by atoms with Gasteiger partial charge >= 0.3 is 0 Å². The average molecular weight is 158 g/mol. The molecule has 0 bridgehead atoms. The predicted molar refractivity (Wildman–Crippen MR) is 44.4 cm³/mol. The van der Waals surface area contributed by atoms with E-state index in [1.54, 1.807) is 0 Å². The number of aliphatic hydroxyl groups is 1. The lowest BCUT2D eigenvalue weighted by Crippen LogP contribution is -2.14. The smallest absolute Gasteiger partial charge is 0.0810 e. The van der Waals surface area contributed by atoms with Crippen LogP contribution >= 0.6 is 0 Å². The molecule has 11 heavy (non-hydrogen) atoms. The van der Waals surface area contributed by atoms with Crippen molar-refractivity contribution in [2.45, 2.75) is 45.3 Å². The monoisotopic (exact) mass is 158 g/mol. The average Bonchev–Trinajstić information content (AvgIpc) is 2.71. The molecule has 0 aromatic rings. The maximum atomic E-state index is 9.42. The minimum Gasteiger partial charge on any atom is -0.393 e. The van der Waals surface area contributed by atoms with Crippen molar-refractivity contribution in [2.24, 2.45) is 5.92 Å². The van der Waals surface area contributed by atoms with Crippen LogP contribution in [0.25, 0.3) is 0 Å². The fraction of sp³-hybridized carbons (Fsp3) is 1.00. The van der Waals surface area contributed by atoms with Gasteiger partial charge in [-0.3, -0.25) is 0 Å². The minimum absolute atomic E-state index is 0.117. The first kappa shape index (κ1) is 9.01. The van der Waals surface area contributed by atoms with Crippen LogP contribution in [0.3, 0.4) is 0 Å². The highest BCUT2D eigenvalue weighted by atomic mass is 16.6. The predicted octanol–water partition coefficient (Wildman–Crippen LogP) is 1.57. The summed E-state index contributed by atoms with van der Waals surface area (Å²) in [6, 6.07) is 0. The molecule has 2 unspecified atom stereocenters. The fourth-order valence-corrected chi connectivity index (χ4v) is 1.12. The third-order valence-corrected chi connectivity index (χ3v) is 2.20. The van der Waals surface area contributed by atoms with Crippen LogP contribution in [-0.2, 0) is 4.74 Å². The van der Waals surface area contributed by atoms with Gasteiger partial charge in [-0.25, -0.2) is 0 Å². The number of hydrogen-bond donors (Lipinski definition) is 1. The van der Waals surface area contributed by atoms with Gasteiger partial charge in [0.25, 0.3) is 0 Å². The molecule has 0 radical (unpaired) electrons. The highest BCUT2D eigenvalue weighted by Crippen LogP contribution is 2.18. The molecule has 1 aliphatic rings. The second-order valence-corrected chi connectivity index (χ2v) is 3.70. The van der Waals surface area contributed by atoms with Crippen molar-refractivity contribution in [3.05, 3.63) is 0 Å². The lowest BCUT2D eigenvalue weighted by Gasteiger charge is -2.12. The Balaban J connectivity index is 1.92. The molecular formula is C9H18O2. The Morgan fingerprint density at radius 2 is 2.18 bits per heavy atom. The lowest BCUT2D eigenvalue weighted by molar-refractivity contribution is 0.112. The summed E-state index contributed by atoms with van der Waals surface area (Å²) in [6.07, 6.45) is 3.56. The minimum atomic E-state index is -0.117. The molecule has 0 spiro atoms. The van der Waals surface area contributed by atoms with Gasteiger partial charge in [0.1, 0.15) is 0 Å². The van der Waals surface area contributed by atoms with E-state index in [0.29, 0.717) is 12.0 Å². The van der Waals surface area contributed by atoms with E-state index in [4.69, 9.17) is 4.74 Å². The number of hydrogen-bond acceptors (Lipinski definition) is 2. The summed E-state index contributed by atoms with van der Waals surface area (Å²) in [5.74, 6) is 0.398. The number of rotatable bonds is 5. The molecular weight excluding hydrogens is 140 g/mol. The van der Waals surface area contributed by atoms with Crippen LogP contribution in [0.4, 0.5) is 0 Å². The van der Waals surface area contributed by atoms with Crippen molar-refractivity contribution < 1.29 is 9.84 Å². The van der Waals surface area contributed by atoms with Crippen molar-refractivity contribution in [1.29, 1.82) is 0 Å². The molecule has 1 saturated heterocycles. The van der Waals surface area contributed by atoms with Gasteiger partial charge in [0.05, 0.1) is 18.8 Å². The van der Waals surface area contributed by atoms with Crippen molar-refractivity contribution >= 4 is 0 Å². The Kier molecular flexibility index (Phi) is 3.34. The molecule has 2 heteroatoms. The van der Waals surface area contributed by atoms with Gasteiger partial charge in [-0.1, -0.05) is 13.8 Å². The van der Waals surface area contributed by atoms with Gasteiger partial charge in [-0.05, 0) is 25.2 Å². The molecule has 1 N–H and O–H groups in total. The first-order valence-electron chi connectivity index (χ1n) is 4.50. The van der Waals surface area contributed by atoms with E-state index in [9.17, 15) is 5.11 Å². The first-order chi connectivity index (χ1) is 5.20. The maximum absolute atomic E-state index is 9.42. The quantitative estimate of drug-likeness (QED) is 0.616. The van der Waals surface area contributed by atoms with Gasteiger partial charge in [0, 0.05) is 0 Å². The Morgan fingerprint density at radius 1 is 1.55 bits per heavy atom. The van der Waals surface area contributed by atoms with E-state index in [1.807, 2.05) is 0 Å². The molecule has 1 rings (SSSR count). The second-order valence-electron chi connectivity index (χ2n) is 3.70. The summed E-state index contributed by atoms with van der Waals surface area (Å²) in [5.41, 5.74) is 0. The van der Waals surface area contributed by atoms with Gasteiger partial charge in [0.15, 0.2) is 0 Å². The standard InChI is InChI=1S/C9H18O2/c1-7(2)9(10)5-3-4-8-6-11-8/h7-10H,3-6H2,1-2H3. The molecule has 2 nitrogen and oxygen atoms in total. The zero-order valence-corrected chi connectivity index (χ0v) is 7.42. The SMILES string of the molecule is CC(C)C(O)CCCC1CO1. The van der Waals surface area contributed by atoms with Gasteiger partial charge in [-0.15, -0.1) is 0 Å². The zero-order valence-electron chi connectivity index (χ0n) is 7.42. The number of epoxide rings is 1. The van der Waals surface area contributed by atoms with E-state index in [1.165, 1.54) is 0 Å². The normalized spacial score (nSPS) is 25.6. The van der Waals surface area contributed by atoms with Crippen LogP contribution in [0, 0.1) is 5.92 Å². The molecule has 0 amide bonds. The molecule has 1 fully saturated rings. The van der Waals surface area contributed by atoms with Crippen molar-refractivity contribution in [2.75, 3.05) is 6.61 Å². The van der Waals surface area contributed by atoms with Gasteiger partial charge < -0.3 is 9.84 Å². The largest absolute Gasteiger partial charge is 0.393 e. The maximum Gasteiger partial charge on any atom is 0.0810 e. The summed E-state index contributed by atoms with van der Waals surface area (Å²) < 4.78 is 5.07. The van der Waals surface area contributed by atoms with Gasteiger partial charge in [-0.2, -0.15) is 0 Å². The molecule has 1 heterocycles. The van der Waals surface area contributed by atoms with Crippen LogP contribution in [-0.4, -0.2) is 23.9 Å². The summed E-state index contributed by atoms with van der Waals surface area (Å²) in [7, 11) is 0. The lowest BCUT2D eigenvalue weighted by atomic mass is 10.0. The van der Waals surface area contributed by atoms with E-state index in [2.05, 4.69) is 13.8 Å². The third kappa shape index (κ3) is 3.73. The summed E-state index contributed by atoms with van der Waals surface area (Å²) in [5, 5.41) is 9.42. The summed E-state index contributed by atoms with van der Waals surface area (Å²) >= 11 is 0. The molecule has 66 valence electrons. The van der Waals surface area contributed by atoms with Crippen LogP contribution in [0.1, 0.15) is 33.1 Å². The second kappa shape index (κ2) is 4.07. The Hall–Kier alpha value is -0.0800. The molecule has 0 aromatic heterocycles. The van der Waals surface area contributed by atoms with Crippen molar-refractivity contribution in [3.63, 3.8) is 0 Å². The summed E-state index contributed by atoms with van der Waals surface area (Å²) in [6.45, 7) is 5.05. The zero-order chi connectivity index (χ0) is 8.27. The molecule has 0 aromatic carbocycles. The highest BCUT2D eigenvalue weighted by Gasteiger charge is 2.22. The fourth-order valence-electron chi connectivity index (χ4n) is 1.12. The Bertz CT molecular complexity index is 108. The number of ether oxygens (including phenoxy) is 1. The van der Waals surface area contributed by atoms with Crippen LogP contribution < -0.4 is 0 Å². The van der Waals surface area contributed by atoms with Crippen LogP contribution in [0.2, 0.25) is 0 Å². The number of aliphatic hydroxyl groups excluding tert-OH is 1. The van der Waals surface area contributed by atoms with E-state index in [0.717, 1.165) is 25.9 Å². The highest BCUT2D eigenvalue weighted by molar-refractivity contribution is 4.70. The third-order valence-electron chi connectivity index (χ3n) is 2.20. The Morgan fingerprint density at radius 3 is 2.64 bits per heavy atom. The van der Waals surface area contributed by atoms with E-state index in [-0.39, 0.29) is 6.10 Å². The molecule has 1 aliphatic heterocycles. The van der Waals surface area contributed by atoms with Crippen molar-refractivity contribution in [3.8, 4) is 0 Å². The van der Waals surface area contributed by atoms with Crippen LogP contribution in [0.15, 0.2) is 0 Å². The summed E-state index contributed by atoms with van der Waals surface area (Å²) in [4.78, 5) is 0. The van der Waals surface area contributed by atoms with Crippen molar-refractivity contribution in [1.82, 2.24) is 0 Å². The molecule has 2 atom stereocenters. The van der Waals surface area contributed by atoms with E-state index < -0.39 is 0 Å². The first-order valence-corrected chi connectivity index (χ1v) is 4.50. The van der Waals surface area contributed by atoms with Crippen LogP contribution in [0.5, 0.6) is 0 Å². The topological polar surface area (TPSA) is 32.8 Å².